The van der Waals surface area contributed by atoms with E-state index in [-0.39, 0.29) is 5.91 Å². The number of nitrogens with zero attached hydrogens (tertiary/aromatic N) is 2. The van der Waals surface area contributed by atoms with E-state index in [0.29, 0.717) is 28.4 Å². The zero-order valence-corrected chi connectivity index (χ0v) is 15.6. The Morgan fingerprint density at radius 3 is 2.52 bits per heavy atom. The number of hydrogen-bond donors (Lipinski definition) is 2. The number of aryl methyl sites for hydroxylation is 3. The molecule has 132 valence electrons. The van der Waals surface area contributed by atoms with Gasteiger partial charge in [0.25, 0.3) is 5.91 Å². The van der Waals surface area contributed by atoms with Gasteiger partial charge >= 0.3 is 0 Å². The van der Waals surface area contributed by atoms with Gasteiger partial charge in [-0.25, -0.2) is 9.97 Å². The van der Waals surface area contributed by atoms with Crippen LogP contribution in [0.4, 0.5) is 11.6 Å². The van der Waals surface area contributed by atoms with Crippen molar-refractivity contribution in [1.29, 1.82) is 0 Å². The number of hydrogen-bond acceptors (Lipinski definition) is 4. The highest BCUT2D eigenvalue weighted by atomic mass is 35.5. The summed E-state index contributed by atoms with van der Waals surface area (Å²) in [4.78, 5) is 21.5. The van der Waals surface area contributed by atoms with Crippen molar-refractivity contribution in [3.8, 4) is 0 Å². The maximum absolute atomic E-state index is 12.7. The van der Waals surface area contributed by atoms with Crippen LogP contribution in [0.2, 0.25) is 5.02 Å². The van der Waals surface area contributed by atoms with E-state index in [4.69, 9.17) is 11.6 Å². The molecule has 2 N–H and O–H groups in total. The molecular formula is C19H23ClN4O. The van der Waals surface area contributed by atoms with Crippen molar-refractivity contribution in [1.82, 2.24) is 9.97 Å². The highest BCUT2D eigenvalue weighted by Gasteiger charge is 2.18. The van der Waals surface area contributed by atoms with E-state index in [1.54, 1.807) is 6.07 Å². The van der Waals surface area contributed by atoms with Crippen molar-refractivity contribution in [3.63, 3.8) is 0 Å². The van der Waals surface area contributed by atoms with Gasteiger partial charge in [0.15, 0.2) is 0 Å². The minimum absolute atomic E-state index is 0.283. The van der Waals surface area contributed by atoms with Crippen LogP contribution in [0.5, 0.6) is 0 Å². The minimum atomic E-state index is -0.283. The Morgan fingerprint density at radius 2 is 1.84 bits per heavy atom. The van der Waals surface area contributed by atoms with Crippen molar-refractivity contribution in [2.45, 2.75) is 52.5 Å². The molecule has 1 heterocycles. The average molecular weight is 359 g/mol. The van der Waals surface area contributed by atoms with Crippen LogP contribution in [0.3, 0.4) is 0 Å². The van der Waals surface area contributed by atoms with Crippen molar-refractivity contribution in [3.05, 3.63) is 45.7 Å². The minimum Gasteiger partial charge on any atom is -0.351 e. The second-order valence-electron chi connectivity index (χ2n) is 6.74. The summed E-state index contributed by atoms with van der Waals surface area (Å²) in [6.45, 7) is 5.76. The normalized spacial score (nSPS) is 14.6. The number of anilines is 2. The third-order valence-corrected chi connectivity index (χ3v) is 4.74. The average Bonchev–Trinajstić information content (AvgIpc) is 3.03. The topological polar surface area (TPSA) is 66.9 Å². The molecule has 5 nitrogen and oxygen atoms in total. The highest BCUT2D eigenvalue weighted by Crippen LogP contribution is 2.28. The maximum Gasteiger partial charge on any atom is 0.274 e. The third kappa shape index (κ3) is 4.28. The fraction of sp³-hybridized carbons (Fsp3) is 0.421. The molecular weight excluding hydrogens is 336 g/mol. The zero-order chi connectivity index (χ0) is 18.0. The van der Waals surface area contributed by atoms with E-state index in [0.717, 1.165) is 29.7 Å². The molecule has 2 aromatic rings. The second kappa shape index (κ2) is 7.40. The number of nitrogens with one attached hydrogen (secondary N) is 2. The Balaban J connectivity index is 1.81. The predicted octanol–water partition coefficient (Wildman–Crippen LogP) is 4.66. The SMILES string of the molecule is Cc1cc(C)c(NC(=O)c2cc(C)nc(NC3CCCC3)n2)c(Cl)c1. The van der Waals surface area contributed by atoms with Crippen LogP contribution in [0.15, 0.2) is 18.2 Å². The van der Waals surface area contributed by atoms with Crippen molar-refractivity contribution >= 4 is 29.1 Å². The first kappa shape index (κ1) is 17.7. The Labute approximate surface area is 153 Å². The lowest BCUT2D eigenvalue weighted by atomic mass is 10.1. The van der Waals surface area contributed by atoms with Gasteiger partial charge in [-0.3, -0.25) is 4.79 Å². The van der Waals surface area contributed by atoms with Gasteiger partial charge in [0.2, 0.25) is 5.95 Å². The van der Waals surface area contributed by atoms with Crippen LogP contribution >= 0.6 is 11.6 Å². The molecule has 3 rings (SSSR count). The van der Waals surface area contributed by atoms with E-state index in [1.807, 2.05) is 32.9 Å². The van der Waals surface area contributed by atoms with Crippen molar-refractivity contribution < 1.29 is 4.79 Å². The summed E-state index contributed by atoms with van der Waals surface area (Å²) in [6.07, 6.45) is 4.69. The molecule has 0 bridgehead atoms. The first-order valence-electron chi connectivity index (χ1n) is 8.62. The molecule has 0 saturated heterocycles. The molecule has 1 aliphatic carbocycles. The first-order valence-corrected chi connectivity index (χ1v) is 9.00. The monoisotopic (exact) mass is 358 g/mol. The molecule has 0 spiro atoms. The van der Waals surface area contributed by atoms with Gasteiger partial charge < -0.3 is 10.6 Å². The van der Waals surface area contributed by atoms with Crippen LogP contribution in [0, 0.1) is 20.8 Å². The summed E-state index contributed by atoms with van der Waals surface area (Å²) in [5.41, 5.74) is 3.70. The molecule has 25 heavy (non-hydrogen) atoms. The zero-order valence-electron chi connectivity index (χ0n) is 14.8. The largest absolute Gasteiger partial charge is 0.351 e. The van der Waals surface area contributed by atoms with Gasteiger partial charge in [0, 0.05) is 11.7 Å². The molecule has 1 saturated carbocycles. The van der Waals surface area contributed by atoms with Gasteiger partial charge in [-0.15, -0.1) is 0 Å². The predicted molar refractivity (Wildman–Crippen MR) is 102 cm³/mol. The molecule has 1 amide bonds. The molecule has 0 atom stereocenters. The molecule has 1 aliphatic rings. The molecule has 0 aliphatic heterocycles. The van der Waals surface area contributed by atoms with E-state index in [1.165, 1.54) is 12.8 Å². The summed E-state index contributed by atoms with van der Waals surface area (Å²) >= 11 is 6.28. The number of carbonyl (C=O) groups is 1. The quantitative estimate of drug-likeness (QED) is 0.833. The van der Waals surface area contributed by atoms with Gasteiger partial charge in [0.05, 0.1) is 10.7 Å². The van der Waals surface area contributed by atoms with Gasteiger partial charge in [0.1, 0.15) is 5.69 Å². The van der Waals surface area contributed by atoms with Crippen LogP contribution in [-0.4, -0.2) is 21.9 Å². The Kier molecular flexibility index (Phi) is 5.23. The Hall–Kier alpha value is -2.14. The summed E-state index contributed by atoms with van der Waals surface area (Å²) in [5.74, 6) is 0.234. The second-order valence-corrected chi connectivity index (χ2v) is 7.14. The fourth-order valence-electron chi connectivity index (χ4n) is 3.25. The standard InChI is InChI=1S/C19H23ClN4O/c1-11-8-12(2)17(15(20)9-11)24-18(25)16-10-13(3)21-19(23-16)22-14-6-4-5-7-14/h8-10,14H,4-7H2,1-3H3,(H,24,25)(H,21,22,23). The molecule has 6 heteroatoms. The van der Waals surface area contributed by atoms with E-state index >= 15 is 0 Å². The lowest BCUT2D eigenvalue weighted by Crippen LogP contribution is -2.20. The third-order valence-electron chi connectivity index (χ3n) is 4.45. The number of halogens is 1. The number of amides is 1. The van der Waals surface area contributed by atoms with Gasteiger partial charge in [-0.2, -0.15) is 0 Å². The van der Waals surface area contributed by atoms with Crippen LogP contribution in [0.1, 0.15) is 53.0 Å². The van der Waals surface area contributed by atoms with E-state index < -0.39 is 0 Å². The van der Waals surface area contributed by atoms with Crippen molar-refractivity contribution in [2.75, 3.05) is 10.6 Å². The molecule has 1 aromatic heterocycles. The molecule has 1 aromatic carbocycles. The van der Waals surface area contributed by atoms with Crippen LogP contribution in [0.25, 0.3) is 0 Å². The summed E-state index contributed by atoms with van der Waals surface area (Å²) < 4.78 is 0. The molecule has 0 unspecified atom stereocenters. The van der Waals surface area contributed by atoms with Gasteiger partial charge in [-0.1, -0.05) is 30.5 Å². The molecule has 0 radical (unpaired) electrons. The summed E-state index contributed by atoms with van der Waals surface area (Å²) in [7, 11) is 0. The number of rotatable bonds is 4. The lowest BCUT2D eigenvalue weighted by Gasteiger charge is -2.14. The fourth-order valence-corrected chi connectivity index (χ4v) is 3.62. The summed E-state index contributed by atoms with van der Waals surface area (Å²) in [5, 5.41) is 6.75. The smallest absolute Gasteiger partial charge is 0.274 e. The summed E-state index contributed by atoms with van der Waals surface area (Å²) in [6, 6.07) is 5.90. The number of benzene rings is 1. The Morgan fingerprint density at radius 1 is 1.12 bits per heavy atom. The van der Waals surface area contributed by atoms with E-state index in [2.05, 4.69) is 20.6 Å². The number of aromatic nitrogens is 2. The highest BCUT2D eigenvalue weighted by molar-refractivity contribution is 6.34. The lowest BCUT2D eigenvalue weighted by molar-refractivity contribution is 0.102. The van der Waals surface area contributed by atoms with E-state index in [9.17, 15) is 4.79 Å². The van der Waals surface area contributed by atoms with Crippen LogP contribution < -0.4 is 10.6 Å². The van der Waals surface area contributed by atoms with Gasteiger partial charge in [-0.05, 0) is 56.9 Å². The Bertz CT molecular complexity index is 777. The first-order chi connectivity index (χ1) is 11.9. The number of carbonyl (C=O) groups excluding carboxylic acids is 1. The maximum atomic E-state index is 12.7. The van der Waals surface area contributed by atoms with Crippen LogP contribution in [-0.2, 0) is 0 Å². The molecule has 1 fully saturated rings. The van der Waals surface area contributed by atoms with Crippen molar-refractivity contribution in [2.24, 2.45) is 0 Å².